The Morgan fingerprint density at radius 2 is 1.79 bits per heavy atom. The van der Waals surface area contributed by atoms with E-state index in [4.69, 9.17) is 4.74 Å². The highest BCUT2D eigenvalue weighted by Gasteiger charge is 2.13. The molecule has 2 aromatic carbocycles. The third kappa shape index (κ3) is 4.01. The van der Waals surface area contributed by atoms with Gasteiger partial charge in [0.1, 0.15) is 11.6 Å². The van der Waals surface area contributed by atoms with Crippen molar-refractivity contribution in [2.24, 2.45) is 0 Å². The van der Waals surface area contributed by atoms with E-state index in [0.29, 0.717) is 11.6 Å². The molecule has 1 heterocycles. The van der Waals surface area contributed by atoms with Crippen molar-refractivity contribution in [3.63, 3.8) is 0 Å². The summed E-state index contributed by atoms with van der Waals surface area (Å²) in [5, 5.41) is 2.87. The number of aromatic amines is 1. The van der Waals surface area contributed by atoms with Crippen molar-refractivity contribution >= 4 is 5.91 Å². The lowest BCUT2D eigenvalue weighted by molar-refractivity contribution is -0.123. The van der Waals surface area contributed by atoms with E-state index >= 15 is 0 Å². The van der Waals surface area contributed by atoms with Crippen molar-refractivity contribution in [1.82, 2.24) is 15.3 Å². The van der Waals surface area contributed by atoms with Crippen LogP contribution in [-0.2, 0) is 4.79 Å². The molecule has 24 heavy (non-hydrogen) atoms. The van der Waals surface area contributed by atoms with Crippen molar-refractivity contribution in [3.05, 3.63) is 72.7 Å². The molecule has 0 bridgehead atoms. The number of rotatable bonds is 6. The molecule has 3 aromatic rings. The van der Waals surface area contributed by atoms with E-state index in [9.17, 15) is 4.79 Å². The molecule has 1 aromatic heterocycles. The molecule has 0 aliphatic heterocycles. The molecular formula is C19H19N3O2. The van der Waals surface area contributed by atoms with Crippen LogP contribution in [0.3, 0.4) is 0 Å². The van der Waals surface area contributed by atoms with E-state index in [-0.39, 0.29) is 18.6 Å². The third-order valence-electron chi connectivity index (χ3n) is 3.58. The number of benzene rings is 2. The minimum atomic E-state index is -0.227. The molecule has 0 aliphatic carbocycles. The van der Waals surface area contributed by atoms with Crippen LogP contribution in [0.4, 0.5) is 0 Å². The summed E-state index contributed by atoms with van der Waals surface area (Å²) in [5.41, 5.74) is 1.98. The van der Waals surface area contributed by atoms with Gasteiger partial charge in [-0.15, -0.1) is 0 Å². The summed E-state index contributed by atoms with van der Waals surface area (Å²) in [6, 6.07) is 19.0. The van der Waals surface area contributed by atoms with Gasteiger partial charge < -0.3 is 15.0 Å². The predicted molar refractivity (Wildman–Crippen MR) is 92.5 cm³/mol. The van der Waals surface area contributed by atoms with Crippen LogP contribution in [0.2, 0.25) is 0 Å². The smallest absolute Gasteiger partial charge is 0.258 e. The van der Waals surface area contributed by atoms with Gasteiger partial charge in [0.25, 0.3) is 5.91 Å². The van der Waals surface area contributed by atoms with Crippen LogP contribution >= 0.6 is 0 Å². The average Bonchev–Trinajstić information content (AvgIpc) is 3.12. The number of nitrogens with zero attached hydrogens (tertiary/aromatic N) is 1. The lowest BCUT2D eigenvalue weighted by Crippen LogP contribution is -2.31. The first-order chi connectivity index (χ1) is 11.7. The minimum absolute atomic E-state index is 0.0272. The molecule has 0 spiro atoms. The lowest BCUT2D eigenvalue weighted by atomic mass is 10.2. The van der Waals surface area contributed by atoms with Gasteiger partial charge in [-0.2, -0.15) is 0 Å². The fraction of sp³-hybridized carbons (Fsp3) is 0.158. The fourth-order valence-corrected chi connectivity index (χ4v) is 2.34. The molecule has 0 saturated heterocycles. The number of hydrogen-bond acceptors (Lipinski definition) is 3. The van der Waals surface area contributed by atoms with Gasteiger partial charge in [0, 0.05) is 0 Å². The number of aromatic nitrogens is 2. The van der Waals surface area contributed by atoms with E-state index in [0.717, 1.165) is 11.3 Å². The summed E-state index contributed by atoms with van der Waals surface area (Å²) in [5.74, 6) is 1.19. The summed E-state index contributed by atoms with van der Waals surface area (Å²) in [6.07, 6.45) is 1.77. The van der Waals surface area contributed by atoms with Crippen molar-refractivity contribution in [2.45, 2.75) is 13.0 Å². The van der Waals surface area contributed by atoms with Gasteiger partial charge in [-0.1, -0.05) is 48.5 Å². The van der Waals surface area contributed by atoms with Gasteiger partial charge >= 0.3 is 0 Å². The Morgan fingerprint density at radius 1 is 1.12 bits per heavy atom. The van der Waals surface area contributed by atoms with Crippen LogP contribution in [0.15, 0.2) is 66.9 Å². The molecular weight excluding hydrogens is 302 g/mol. The molecule has 3 rings (SSSR count). The maximum Gasteiger partial charge on any atom is 0.258 e. The molecule has 2 N–H and O–H groups in total. The zero-order valence-corrected chi connectivity index (χ0v) is 13.4. The number of hydrogen-bond donors (Lipinski definition) is 2. The highest BCUT2D eigenvalue weighted by molar-refractivity contribution is 5.77. The summed E-state index contributed by atoms with van der Waals surface area (Å²) in [4.78, 5) is 19.6. The van der Waals surface area contributed by atoms with Gasteiger partial charge in [-0.05, 0) is 24.6 Å². The second-order valence-corrected chi connectivity index (χ2v) is 5.44. The minimum Gasteiger partial charge on any atom is -0.484 e. The van der Waals surface area contributed by atoms with Crippen molar-refractivity contribution in [2.75, 3.05) is 6.61 Å². The number of ether oxygens (including phenoxy) is 1. The number of H-pyrrole nitrogens is 1. The topological polar surface area (TPSA) is 67.0 Å². The Morgan fingerprint density at radius 3 is 2.50 bits per heavy atom. The van der Waals surface area contributed by atoms with Gasteiger partial charge in [-0.3, -0.25) is 4.79 Å². The van der Waals surface area contributed by atoms with Crippen molar-refractivity contribution in [3.8, 4) is 17.0 Å². The first-order valence-corrected chi connectivity index (χ1v) is 7.80. The predicted octanol–water partition coefficient (Wildman–Crippen LogP) is 3.33. The van der Waals surface area contributed by atoms with E-state index in [2.05, 4.69) is 15.3 Å². The van der Waals surface area contributed by atoms with Crippen molar-refractivity contribution in [1.29, 1.82) is 0 Å². The average molecular weight is 321 g/mol. The summed E-state index contributed by atoms with van der Waals surface area (Å²) in [7, 11) is 0. The Balaban J connectivity index is 1.56. The first kappa shape index (κ1) is 15.8. The quantitative estimate of drug-likeness (QED) is 0.732. The molecule has 0 fully saturated rings. The SMILES string of the molecule is C[C@H](NC(=O)COc1ccccc1)c1ncc(-c2ccccc2)[nH]1. The fourth-order valence-electron chi connectivity index (χ4n) is 2.34. The molecule has 1 atom stereocenters. The number of carbonyl (C=O) groups is 1. The van der Waals surface area contributed by atoms with Gasteiger partial charge in [0.15, 0.2) is 6.61 Å². The molecule has 0 aliphatic rings. The number of amides is 1. The highest BCUT2D eigenvalue weighted by atomic mass is 16.5. The molecule has 0 radical (unpaired) electrons. The largest absolute Gasteiger partial charge is 0.484 e. The maximum absolute atomic E-state index is 12.0. The molecule has 5 heteroatoms. The Kier molecular flexibility index (Phi) is 4.91. The maximum atomic E-state index is 12.0. The highest BCUT2D eigenvalue weighted by Crippen LogP contribution is 2.18. The van der Waals surface area contributed by atoms with Gasteiger partial charge in [-0.25, -0.2) is 4.98 Å². The van der Waals surface area contributed by atoms with Crippen LogP contribution in [-0.4, -0.2) is 22.5 Å². The van der Waals surface area contributed by atoms with E-state index in [1.165, 1.54) is 0 Å². The molecule has 122 valence electrons. The van der Waals surface area contributed by atoms with Gasteiger partial charge in [0.2, 0.25) is 0 Å². The van der Waals surface area contributed by atoms with E-state index in [1.54, 1.807) is 6.20 Å². The Bertz CT molecular complexity index is 785. The Hall–Kier alpha value is -3.08. The second-order valence-electron chi connectivity index (χ2n) is 5.44. The van der Waals surface area contributed by atoms with E-state index in [1.807, 2.05) is 67.6 Å². The zero-order chi connectivity index (χ0) is 16.8. The molecule has 1 amide bonds. The van der Waals surface area contributed by atoms with Crippen LogP contribution in [0, 0.1) is 0 Å². The van der Waals surface area contributed by atoms with Gasteiger partial charge in [0.05, 0.1) is 17.9 Å². The summed E-state index contributed by atoms with van der Waals surface area (Å²) >= 11 is 0. The van der Waals surface area contributed by atoms with Crippen LogP contribution in [0.5, 0.6) is 5.75 Å². The number of imidazole rings is 1. The number of nitrogens with one attached hydrogen (secondary N) is 2. The molecule has 5 nitrogen and oxygen atoms in total. The number of para-hydroxylation sites is 1. The molecule has 0 saturated carbocycles. The summed E-state index contributed by atoms with van der Waals surface area (Å²) < 4.78 is 5.44. The standard InChI is InChI=1S/C19H19N3O2/c1-14(21-18(23)13-24-16-10-6-3-7-11-16)19-20-12-17(22-19)15-8-4-2-5-9-15/h2-12,14H,13H2,1H3,(H,20,22)(H,21,23)/t14-/m0/s1. The van der Waals surface area contributed by atoms with E-state index < -0.39 is 0 Å². The zero-order valence-electron chi connectivity index (χ0n) is 13.4. The monoisotopic (exact) mass is 321 g/mol. The first-order valence-electron chi connectivity index (χ1n) is 7.80. The molecule has 0 unspecified atom stereocenters. The third-order valence-corrected chi connectivity index (χ3v) is 3.58. The second kappa shape index (κ2) is 7.46. The van der Waals surface area contributed by atoms with Crippen molar-refractivity contribution < 1.29 is 9.53 Å². The van der Waals surface area contributed by atoms with Crippen LogP contribution in [0.25, 0.3) is 11.3 Å². The number of carbonyl (C=O) groups excluding carboxylic acids is 1. The Labute approximate surface area is 140 Å². The van der Waals surface area contributed by atoms with Crippen LogP contribution < -0.4 is 10.1 Å². The normalized spacial score (nSPS) is 11.7. The van der Waals surface area contributed by atoms with Crippen LogP contribution in [0.1, 0.15) is 18.8 Å². The lowest BCUT2D eigenvalue weighted by Gasteiger charge is -2.12. The summed E-state index contributed by atoms with van der Waals surface area (Å²) in [6.45, 7) is 1.86.